The fourth-order valence-electron chi connectivity index (χ4n) is 1.68. The second kappa shape index (κ2) is 6.33. The van der Waals surface area contributed by atoms with Crippen molar-refractivity contribution < 1.29 is 8.78 Å². The average molecular weight is 302 g/mol. The third-order valence-electron chi connectivity index (χ3n) is 2.65. The third kappa shape index (κ3) is 3.90. The van der Waals surface area contributed by atoms with Crippen LogP contribution in [0.3, 0.4) is 0 Å². The number of halogens is 4. The minimum atomic E-state index is -0.456. The van der Waals surface area contributed by atoms with E-state index in [1.54, 1.807) is 18.2 Å². The highest BCUT2D eigenvalue weighted by molar-refractivity contribution is 6.35. The summed E-state index contributed by atoms with van der Waals surface area (Å²) in [6.07, 6.45) is 0. The van der Waals surface area contributed by atoms with Gasteiger partial charge in [0.05, 0.1) is 0 Å². The van der Waals surface area contributed by atoms with E-state index in [0.29, 0.717) is 16.6 Å². The van der Waals surface area contributed by atoms with Crippen molar-refractivity contribution >= 4 is 23.2 Å². The molecule has 0 aliphatic heterocycles. The van der Waals surface area contributed by atoms with Crippen molar-refractivity contribution in [3.63, 3.8) is 0 Å². The monoisotopic (exact) mass is 301 g/mol. The summed E-state index contributed by atoms with van der Waals surface area (Å²) < 4.78 is 26.4. The second-order valence-corrected chi connectivity index (χ2v) is 4.92. The molecule has 5 heteroatoms. The first-order valence-corrected chi connectivity index (χ1v) is 6.40. The van der Waals surface area contributed by atoms with Gasteiger partial charge in [-0.05, 0) is 35.9 Å². The molecule has 0 saturated heterocycles. The molecular formula is C14H11Cl2F2N. The highest BCUT2D eigenvalue weighted by atomic mass is 35.5. The molecule has 0 aromatic heterocycles. The maximum absolute atomic E-state index is 13.4. The van der Waals surface area contributed by atoms with Gasteiger partial charge in [0.25, 0.3) is 0 Å². The zero-order valence-electron chi connectivity index (χ0n) is 9.89. The van der Waals surface area contributed by atoms with Crippen LogP contribution in [0.2, 0.25) is 10.0 Å². The Kier molecular flexibility index (Phi) is 4.75. The Morgan fingerprint density at radius 1 is 0.895 bits per heavy atom. The van der Waals surface area contributed by atoms with Crippen LogP contribution < -0.4 is 5.32 Å². The molecule has 2 aromatic rings. The molecule has 2 rings (SSSR count). The van der Waals surface area contributed by atoms with Gasteiger partial charge in [0.2, 0.25) is 0 Å². The molecule has 2 aromatic carbocycles. The van der Waals surface area contributed by atoms with Gasteiger partial charge in [-0.2, -0.15) is 0 Å². The molecular weight excluding hydrogens is 291 g/mol. The zero-order valence-corrected chi connectivity index (χ0v) is 11.4. The van der Waals surface area contributed by atoms with Crippen LogP contribution in [0.5, 0.6) is 0 Å². The topological polar surface area (TPSA) is 12.0 Å². The first-order chi connectivity index (χ1) is 9.06. The molecule has 0 aliphatic carbocycles. The van der Waals surface area contributed by atoms with E-state index >= 15 is 0 Å². The summed E-state index contributed by atoms with van der Waals surface area (Å²) in [5.74, 6) is -0.890. The summed E-state index contributed by atoms with van der Waals surface area (Å²) >= 11 is 11.8. The van der Waals surface area contributed by atoms with Crippen molar-refractivity contribution in [1.82, 2.24) is 5.32 Å². The largest absolute Gasteiger partial charge is 0.308 e. The van der Waals surface area contributed by atoms with E-state index in [1.807, 2.05) is 0 Å². The van der Waals surface area contributed by atoms with Crippen molar-refractivity contribution in [2.75, 3.05) is 0 Å². The molecule has 0 fully saturated rings. The lowest BCUT2D eigenvalue weighted by Crippen LogP contribution is -2.14. The van der Waals surface area contributed by atoms with Gasteiger partial charge in [-0.3, -0.25) is 0 Å². The van der Waals surface area contributed by atoms with Crippen molar-refractivity contribution in [1.29, 1.82) is 0 Å². The number of benzene rings is 2. The van der Waals surface area contributed by atoms with E-state index in [1.165, 1.54) is 6.07 Å². The van der Waals surface area contributed by atoms with E-state index < -0.39 is 11.6 Å². The lowest BCUT2D eigenvalue weighted by atomic mass is 10.2. The first kappa shape index (κ1) is 14.3. The Labute approximate surface area is 120 Å². The van der Waals surface area contributed by atoms with Crippen LogP contribution in [0, 0.1) is 11.6 Å². The molecule has 0 saturated carbocycles. The average Bonchev–Trinajstić information content (AvgIpc) is 2.36. The van der Waals surface area contributed by atoms with Crippen molar-refractivity contribution in [3.05, 3.63) is 69.2 Å². The van der Waals surface area contributed by atoms with Crippen molar-refractivity contribution in [3.8, 4) is 0 Å². The molecule has 0 heterocycles. The fourth-order valence-corrected chi connectivity index (χ4v) is 2.15. The van der Waals surface area contributed by atoms with Gasteiger partial charge in [0.15, 0.2) is 0 Å². The molecule has 0 aliphatic rings. The molecule has 0 unspecified atom stereocenters. The second-order valence-electron chi connectivity index (χ2n) is 4.08. The number of hydrogen-bond donors (Lipinski definition) is 1. The molecule has 1 N–H and O–H groups in total. The van der Waals surface area contributed by atoms with Crippen molar-refractivity contribution in [2.45, 2.75) is 13.1 Å². The van der Waals surface area contributed by atoms with Gasteiger partial charge in [-0.15, -0.1) is 0 Å². The highest BCUT2D eigenvalue weighted by Crippen LogP contribution is 2.21. The Morgan fingerprint density at radius 2 is 1.63 bits per heavy atom. The summed E-state index contributed by atoms with van der Waals surface area (Å²) in [4.78, 5) is 0. The zero-order chi connectivity index (χ0) is 13.8. The summed E-state index contributed by atoms with van der Waals surface area (Å²) in [7, 11) is 0. The van der Waals surface area contributed by atoms with Crippen LogP contribution in [0.4, 0.5) is 8.78 Å². The van der Waals surface area contributed by atoms with Crippen LogP contribution in [0.15, 0.2) is 36.4 Å². The minimum Gasteiger partial charge on any atom is -0.308 e. The Morgan fingerprint density at radius 3 is 2.37 bits per heavy atom. The van der Waals surface area contributed by atoms with Crippen LogP contribution in [0.25, 0.3) is 0 Å². The Hall–Kier alpha value is -1.16. The van der Waals surface area contributed by atoms with E-state index in [4.69, 9.17) is 23.2 Å². The Bertz CT molecular complexity index is 588. The predicted octanol–water partition coefficient (Wildman–Crippen LogP) is 4.56. The van der Waals surface area contributed by atoms with Crippen molar-refractivity contribution in [2.24, 2.45) is 0 Å². The molecule has 0 spiro atoms. The molecule has 0 atom stereocenters. The molecule has 19 heavy (non-hydrogen) atoms. The third-order valence-corrected chi connectivity index (χ3v) is 3.24. The van der Waals surface area contributed by atoms with Crippen LogP contribution in [-0.2, 0) is 13.1 Å². The minimum absolute atomic E-state index is 0.225. The van der Waals surface area contributed by atoms with Gasteiger partial charge >= 0.3 is 0 Å². The summed E-state index contributed by atoms with van der Waals surface area (Å²) in [5, 5.41) is 4.11. The van der Waals surface area contributed by atoms with Crippen LogP contribution >= 0.6 is 23.2 Å². The lowest BCUT2D eigenvalue weighted by Gasteiger charge is -2.08. The molecule has 100 valence electrons. The lowest BCUT2D eigenvalue weighted by molar-refractivity contribution is 0.568. The van der Waals surface area contributed by atoms with Gasteiger partial charge < -0.3 is 5.32 Å². The molecule has 0 amide bonds. The first-order valence-electron chi connectivity index (χ1n) is 5.65. The van der Waals surface area contributed by atoms with E-state index in [0.717, 1.165) is 17.7 Å². The highest BCUT2D eigenvalue weighted by Gasteiger charge is 2.05. The number of rotatable bonds is 4. The smallest absolute Gasteiger partial charge is 0.127 e. The van der Waals surface area contributed by atoms with Crippen LogP contribution in [0.1, 0.15) is 11.1 Å². The summed E-state index contributed by atoms with van der Waals surface area (Å²) in [6, 6.07) is 8.54. The molecule has 0 bridgehead atoms. The Balaban J connectivity index is 1.98. The standard InChI is InChI=1S/C14H11Cl2F2N/c15-11-2-1-9(13(16)6-11)7-19-8-10-5-12(17)3-4-14(10)18/h1-6,19H,7-8H2. The van der Waals surface area contributed by atoms with Crippen LogP contribution in [-0.4, -0.2) is 0 Å². The van der Waals surface area contributed by atoms with E-state index in [9.17, 15) is 8.78 Å². The van der Waals surface area contributed by atoms with Gasteiger partial charge in [-0.1, -0.05) is 29.3 Å². The SMILES string of the molecule is Fc1ccc(F)c(CNCc2ccc(Cl)cc2Cl)c1. The fraction of sp³-hybridized carbons (Fsp3) is 0.143. The summed E-state index contributed by atoms with van der Waals surface area (Å²) in [5.41, 5.74) is 1.13. The predicted molar refractivity (Wildman–Crippen MR) is 73.4 cm³/mol. The van der Waals surface area contributed by atoms with Gasteiger partial charge in [0.1, 0.15) is 11.6 Å². The number of nitrogens with one attached hydrogen (secondary N) is 1. The van der Waals surface area contributed by atoms with E-state index in [-0.39, 0.29) is 12.1 Å². The molecule has 0 radical (unpaired) electrons. The maximum atomic E-state index is 13.4. The normalized spacial score (nSPS) is 10.7. The van der Waals surface area contributed by atoms with Gasteiger partial charge in [0, 0.05) is 28.7 Å². The van der Waals surface area contributed by atoms with Gasteiger partial charge in [-0.25, -0.2) is 8.78 Å². The summed E-state index contributed by atoms with van der Waals surface area (Å²) in [6.45, 7) is 0.675. The van der Waals surface area contributed by atoms with E-state index in [2.05, 4.69) is 5.32 Å². The molecule has 1 nitrogen and oxygen atoms in total. The quantitative estimate of drug-likeness (QED) is 0.873. The maximum Gasteiger partial charge on any atom is 0.127 e. The number of hydrogen-bond acceptors (Lipinski definition) is 1.